The second-order valence-electron chi connectivity index (χ2n) is 4.93. The van der Waals surface area contributed by atoms with Gasteiger partial charge in [-0.25, -0.2) is 0 Å². The van der Waals surface area contributed by atoms with Crippen LogP contribution >= 0.6 is 11.6 Å². The standard InChI is InChI=1S/C16H20ClN3O/c1-3-11(4-2)20-15(21)10-19-14-8-7-13(17)12-6-5-9-18-16(12)14/h5-9,11,19H,3-4,10H2,1-2H3,(H,20,21). The van der Waals surface area contributed by atoms with Gasteiger partial charge in [-0.2, -0.15) is 0 Å². The van der Waals surface area contributed by atoms with Crippen LogP contribution in [0, 0.1) is 0 Å². The van der Waals surface area contributed by atoms with Gasteiger partial charge in [0.2, 0.25) is 5.91 Å². The lowest BCUT2D eigenvalue weighted by Gasteiger charge is -2.15. The first-order chi connectivity index (χ1) is 10.2. The molecular weight excluding hydrogens is 286 g/mol. The zero-order valence-electron chi connectivity index (χ0n) is 12.3. The van der Waals surface area contributed by atoms with E-state index in [0.717, 1.165) is 29.4 Å². The number of nitrogens with zero attached hydrogens (tertiary/aromatic N) is 1. The highest BCUT2D eigenvalue weighted by Crippen LogP contribution is 2.27. The molecule has 0 aliphatic rings. The first kappa shape index (κ1) is 15.6. The second kappa shape index (κ2) is 7.27. The Morgan fingerprint density at radius 3 is 2.76 bits per heavy atom. The zero-order chi connectivity index (χ0) is 15.2. The van der Waals surface area contributed by atoms with Gasteiger partial charge < -0.3 is 10.6 Å². The fraction of sp³-hybridized carbons (Fsp3) is 0.375. The van der Waals surface area contributed by atoms with Crippen molar-refractivity contribution >= 4 is 34.1 Å². The number of rotatable bonds is 6. The van der Waals surface area contributed by atoms with Crippen LogP contribution in [-0.4, -0.2) is 23.5 Å². The Bertz CT molecular complexity index is 626. The summed E-state index contributed by atoms with van der Waals surface area (Å²) >= 11 is 6.15. The van der Waals surface area contributed by atoms with Gasteiger partial charge >= 0.3 is 0 Å². The van der Waals surface area contributed by atoms with Crippen LogP contribution < -0.4 is 10.6 Å². The average Bonchev–Trinajstić information content (AvgIpc) is 2.52. The summed E-state index contributed by atoms with van der Waals surface area (Å²) in [5.74, 6) is -0.0114. The number of hydrogen-bond acceptors (Lipinski definition) is 3. The Morgan fingerprint density at radius 1 is 1.29 bits per heavy atom. The first-order valence-electron chi connectivity index (χ1n) is 7.22. The lowest BCUT2D eigenvalue weighted by molar-refractivity contribution is -0.120. The molecular formula is C16H20ClN3O. The fourth-order valence-electron chi connectivity index (χ4n) is 2.23. The van der Waals surface area contributed by atoms with Gasteiger partial charge in [0.25, 0.3) is 0 Å². The number of carbonyl (C=O) groups excluding carboxylic acids is 1. The number of aromatic nitrogens is 1. The molecule has 2 N–H and O–H groups in total. The molecule has 21 heavy (non-hydrogen) atoms. The Kier molecular flexibility index (Phi) is 5.39. The van der Waals surface area contributed by atoms with Crippen LogP contribution in [0.2, 0.25) is 5.02 Å². The number of pyridine rings is 1. The molecule has 1 aromatic carbocycles. The van der Waals surface area contributed by atoms with Gasteiger partial charge in [-0.1, -0.05) is 25.4 Å². The third-order valence-electron chi connectivity index (χ3n) is 3.51. The van der Waals surface area contributed by atoms with Crippen LogP contribution in [0.3, 0.4) is 0 Å². The van der Waals surface area contributed by atoms with Gasteiger partial charge in [0.05, 0.1) is 22.8 Å². The normalized spacial score (nSPS) is 10.9. The second-order valence-corrected chi connectivity index (χ2v) is 5.34. The van der Waals surface area contributed by atoms with E-state index in [4.69, 9.17) is 11.6 Å². The number of benzene rings is 1. The highest BCUT2D eigenvalue weighted by Gasteiger charge is 2.10. The molecule has 0 unspecified atom stereocenters. The van der Waals surface area contributed by atoms with Crippen molar-refractivity contribution in [3.8, 4) is 0 Å². The average molecular weight is 306 g/mol. The van der Waals surface area contributed by atoms with Crippen molar-refractivity contribution in [2.45, 2.75) is 32.7 Å². The lowest BCUT2D eigenvalue weighted by atomic mass is 10.1. The van der Waals surface area contributed by atoms with Crippen LogP contribution in [0.5, 0.6) is 0 Å². The summed E-state index contributed by atoms with van der Waals surface area (Å²) in [5, 5.41) is 7.67. The molecule has 0 radical (unpaired) electrons. The smallest absolute Gasteiger partial charge is 0.239 e. The Hall–Kier alpha value is -1.81. The minimum absolute atomic E-state index is 0.0114. The minimum Gasteiger partial charge on any atom is -0.374 e. The van der Waals surface area contributed by atoms with Gasteiger partial charge in [0, 0.05) is 17.6 Å². The number of anilines is 1. The van der Waals surface area contributed by atoms with E-state index in [1.165, 1.54) is 0 Å². The molecule has 0 saturated heterocycles. The van der Waals surface area contributed by atoms with Crippen LogP contribution in [0.4, 0.5) is 5.69 Å². The van der Waals surface area contributed by atoms with E-state index >= 15 is 0 Å². The quantitative estimate of drug-likeness (QED) is 0.857. The van der Waals surface area contributed by atoms with Gasteiger partial charge in [-0.15, -0.1) is 0 Å². The molecule has 112 valence electrons. The molecule has 1 aromatic heterocycles. The Balaban J connectivity index is 2.07. The van der Waals surface area contributed by atoms with E-state index in [2.05, 4.69) is 29.5 Å². The Labute approximate surface area is 129 Å². The van der Waals surface area contributed by atoms with Crippen molar-refractivity contribution in [3.05, 3.63) is 35.5 Å². The van der Waals surface area contributed by atoms with Crippen molar-refractivity contribution in [2.24, 2.45) is 0 Å². The fourth-order valence-corrected chi connectivity index (χ4v) is 2.44. The van der Waals surface area contributed by atoms with Crippen molar-refractivity contribution in [1.82, 2.24) is 10.3 Å². The highest BCUT2D eigenvalue weighted by atomic mass is 35.5. The van der Waals surface area contributed by atoms with E-state index in [0.29, 0.717) is 5.02 Å². The number of halogens is 1. The molecule has 0 fully saturated rings. The SMILES string of the molecule is CCC(CC)NC(=O)CNc1ccc(Cl)c2cccnc12. The highest BCUT2D eigenvalue weighted by molar-refractivity contribution is 6.35. The van der Waals surface area contributed by atoms with Crippen molar-refractivity contribution in [3.63, 3.8) is 0 Å². The van der Waals surface area contributed by atoms with Crippen LogP contribution in [-0.2, 0) is 4.79 Å². The molecule has 0 aliphatic carbocycles. The largest absolute Gasteiger partial charge is 0.374 e. The van der Waals surface area contributed by atoms with E-state index in [1.807, 2.05) is 24.3 Å². The molecule has 5 heteroatoms. The van der Waals surface area contributed by atoms with Gasteiger partial charge in [0.15, 0.2) is 0 Å². The number of fused-ring (bicyclic) bond motifs is 1. The summed E-state index contributed by atoms with van der Waals surface area (Å²) in [6.07, 6.45) is 3.59. The summed E-state index contributed by atoms with van der Waals surface area (Å²) in [5.41, 5.74) is 1.59. The molecule has 2 aromatic rings. The van der Waals surface area contributed by atoms with Crippen LogP contribution in [0.15, 0.2) is 30.5 Å². The first-order valence-corrected chi connectivity index (χ1v) is 7.60. The van der Waals surface area contributed by atoms with Crippen molar-refractivity contribution in [1.29, 1.82) is 0 Å². The molecule has 0 spiro atoms. The summed E-state index contributed by atoms with van der Waals surface area (Å²) < 4.78 is 0. The van der Waals surface area contributed by atoms with Gasteiger partial charge in [-0.05, 0) is 37.1 Å². The molecule has 0 aliphatic heterocycles. The van der Waals surface area contributed by atoms with Crippen molar-refractivity contribution in [2.75, 3.05) is 11.9 Å². The molecule has 2 rings (SSSR count). The number of hydrogen-bond donors (Lipinski definition) is 2. The summed E-state index contributed by atoms with van der Waals surface area (Å²) in [7, 11) is 0. The minimum atomic E-state index is -0.0114. The molecule has 0 saturated carbocycles. The number of amides is 1. The maximum Gasteiger partial charge on any atom is 0.239 e. The summed E-state index contributed by atoms with van der Waals surface area (Å²) in [4.78, 5) is 16.3. The van der Waals surface area contributed by atoms with Crippen molar-refractivity contribution < 1.29 is 4.79 Å². The predicted molar refractivity (Wildman–Crippen MR) is 87.8 cm³/mol. The maximum absolute atomic E-state index is 11.9. The Morgan fingerprint density at radius 2 is 2.05 bits per heavy atom. The van der Waals surface area contributed by atoms with E-state index in [9.17, 15) is 4.79 Å². The zero-order valence-corrected chi connectivity index (χ0v) is 13.1. The topological polar surface area (TPSA) is 54.0 Å². The molecule has 1 amide bonds. The molecule has 4 nitrogen and oxygen atoms in total. The van der Waals surface area contributed by atoms with Gasteiger partial charge in [-0.3, -0.25) is 9.78 Å². The van der Waals surface area contributed by atoms with Gasteiger partial charge in [0.1, 0.15) is 0 Å². The van der Waals surface area contributed by atoms with Crippen LogP contribution in [0.25, 0.3) is 10.9 Å². The maximum atomic E-state index is 11.9. The van der Waals surface area contributed by atoms with E-state index in [-0.39, 0.29) is 18.5 Å². The third kappa shape index (κ3) is 3.85. The third-order valence-corrected chi connectivity index (χ3v) is 3.84. The van der Waals surface area contributed by atoms with Crippen LogP contribution in [0.1, 0.15) is 26.7 Å². The predicted octanol–water partition coefficient (Wildman–Crippen LogP) is 3.60. The number of carbonyl (C=O) groups is 1. The van der Waals surface area contributed by atoms with E-state index < -0.39 is 0 Å². The summed E-state index contributed by atoms with van der Waals surface area (Å²) in [6.45, 7) is 4.36. The summed E-state index contributed by atoms with van der Waals surface area (Å²) in [6, 6.07) is 7.66. The van der Waals surface area contributed by atoms with E-state index in [1.54, 1.807) is 6.20 Å². The molecule has 0 bridgehead atoms. The molecule has 0 atom stereocenters. The lowest BCUT2D eigenvalue weighted by Crippen LogP contribution is -2.37. The monoisotopic (exact) mass is 305 g/mol. The molecule has 1 heterocycles. The number of nitrogens with one attached hydrogen (secondary N) is 2.